The molecule has 3 heterocycles. The lowest BCUT2D eigenvalue weighted by molar-refractivity contribution is -0.145. The molecule has 1 saturated carbocycles. The van der Waals surface area contributed by atoms with Crippen LogP contribution >= 0.6 is 0 Å². The fraction of sp³-hybridized carbons (Fsp3) is 0.556. The Bertz CT molecular complexity index is 1220. The van der Waals surface area contributed by atoms with Crippen molar-refractivity contribution in [2.24, 2.45) is 5.92 Å². The Labute approximate surface area is 252 Å². The smallest absolute Gasteiger partial charge is 0.321 e. The zero-order chi connectivity index (χ0) is 29.3. The van der Waals surface area contributed by atoms with Gasteiger partial charge in [-0.2, -0.15) is 5.10 Å². The lowest BCUT2D eigenvalue weighted by atomic mass is 9.83. The summed E-state index contributed by atoms with van der Waals surface area (Å²) >= 11 is 0. The predicted octanol–water partition coefficient (Wildman–Crippen LogP) is 7.27. The maximum absolute atomic E-state index is 11.8. The fourth-order valence-electron chi connectivity index (χ4n) is 7.50. The van der Waals surface area contributed by atoms with Gasteiger partial charge < -0.3 is 10.0 Å². The summed E-state index contributed by atoms with van der Waals surface area (Å²) in [5, 5.41) is 17.6. The first-order valence-electron chi connectivity index (χ1n) is 16.3. The highest BCUT2D eigenvalue weighted by molar-refractivity contribution is 5.74. The van der Waals surface area contributed by atoms with Crippen LogP contribution in [0, 0.1) is 5.92 Å². The summed E-state index contributed by atoms with van der Waals surface area (Å²) < 4.78 is 0. The van der Waals surface area contributed by atoms with Gasteiger partial charge in [0.15, 0.2) is 0 Å². The first kappa shape index (κ1) is 30.5. The van der Waals surface area contributed by atoms with Gasteiger partial charge in [-0.05, 0) is 94.2 Å². The van der Waals surface area contributed by atoms with Gasteiger partial charge in [0.2, 0.25) is 0 Å². The topological polar surface area (TPSA) is 72.5 Å². The number of likely N-dealkylation sites (tertiary alicyclic amines) is 2. The SMILES string of the molecule is CCC(c1ccccc1)c1cc(C2CCN(C)CC2)[nH]n1.O=C(O)C(C1CCCCC1)N1CCC(c2ccccc2)C1. The van der Waals surface area contributed by atoms with E-state index in [1.54, 1.807) is 0 Å². The van der Waals surface area contributed by atoms with Crippen LogP contribution in [0.4, 0.5) is 0 Å². The first-order valence-corrected chi connectivity index (χ1v) is 16.3. The fourth-order valence-corrected chi connectivity index (χ4v) is 7.50. The third-order valence-electron chi connectivity index (χ3n) is 9.98. The Kier molecular flexibility index (Phi) is 10.9. The molecule has 6 rings (SSSR count). The van der Waals surface area contributed by atoms with E-state index in [2.05, 4.69) is 94.6 Å². The Morgan fingerprint density at radius 1 is 0.905 bits per heavy atom. The number of carbonyl (C=O) groups is 1. The molecule has 2 N–H and O–H groups in total. The standard InChI is InChI=1S/C18H25N3.C18H25NO2/c1-3-16(14-7-5-4-6-8-14)18-13-17(19-20-18)15-9-11-21(2)12-10-15;20-18(21)17(15-9-5-2-6-10-15)19-12-11-16(13-19)14-7-3-1-4-8-14/h4-8,13,15-16H,3,9-12H2,1-2H3,(H,19,20);1,3-4,7-8,15-17H,2,5-6,9-13H2,(H,20,21). The maximum Gasteiger partial charge on any atom is 0.321 e. The van der Waals surface area contributed by atoms with Crippen LogP contribution in [0.5, 0.6) is 0 Å². The number of aliphatic carboxylic acids is 1. The molecule has 2 aromatic carbocycles. The van der Waals surface area contributed by atoms with Gasteiger partial charge in [0.25, 0.3) is 0 Å². The van der Waals surface area contributed by atoms with Gasteiger partial charge in [0.1, 0.15) is 6.04 Å². The van der Waals surface area contributed by atoms with Crippen molar-refractivity contribution < 1.29 is 9.90 Å². The number of nitrogens with zero attached hydrogens (tertiary/aromatic N) is 3. The molecule has 3 aromatic rings. The molecule has 0 amide bonds. The van der Waals surface area contributed by atoms with Crippen LogP contribution in [0.1, 0.15) is 105 Å². The number of benzene rings is 2. The Hall–Kier alpha value is -2.96. The van der Waals surface area contributed by atoms with E-state index in [1.807, 2.05) is 6.07 Å². The number of aromatic nitrogens is 2. The Morgan fingerprint density at radius 2 is 1.55 bits per heavy atom. The van der Waals surface area contributed by atoms with Gasteiger partial charge >= 0.3 is 5.97 Å². The molecule has 3 unspecified atom stereocenters. The molecule has 226 valence electrons. The molecular formula is C36H50N4O2. The van der Waals surface area contributed by atoms with E-state index in [-0.39, 0.29) is 6.04 Å². The molecule has 2 aliphatic heterocycles. The van der Waals surface area contributed by atoms with Crippen LogP contribution in [0.25, 0.3) is 0 Å². The second kappa shape index (κ2) is 15.0. The van der Waals surface area contributed by atoms with Crippen molar-refractivity contribution in [3.8, 4) is 0 Å². The van der Waals surface area contributed by atoms with Gasteiger partial charge in [-0.1, -0.05) is 86.8 Å². The minimum atomic E-state index is -0.615. The summed E-state index contributed by atoms with van der Waals surface area (Å²) in [6.45, 7) is 6.44. The third-order valence-corrected chi connectivity index (χ3v) is 9.98. The van der Waals surface area contributed by atoms with E-state index in [0.29, 0.717) is 23.7 Å². The van der Waals surface area contributed by atoms with Gasteiger partial charge in [-0.15, -0.1) is 0 Å². The molecule has 0 radical (unpaired) electrons. The predicted molar refractivity (Wildman–Crippen MR) is 170 cm³/mol. The Morgan fingerprint density at radius 3 is 2.19 bits per heavy atom. The van der Waals surface area contributed by atoms with Crippen molar-refractivity contribution >= 4 is 5.97 Å². The number of hydrogen-bond donors (Lipinski definition) is 2. The first-order chi connectivity index (χ1) is 20.5. The van der Waals surface area contributed by atoms with Crippen molar-refractivity contribution in [3.63, 3.8) is 0 Å². The summed E-state index contributed by atoms with van der Waals surface area (Å²) in [6.07, 6.45) is 10.5. The number of rotatable bonds is 8. The minimum Gasteiger partial charge on any atom is -0.480 e. The summed E-state index contributed by atoms with van der Waals surface area (Å²) in [6, 6.07) is 23.3. The molecule has 0 spiro atoms. The molecule has 3 fully saturated rings. The van der Waals surface area contributed by atoms with Crippen molar-refractivity contribution in [3.05, 3.63) is 89.2 Å². The average molecular weight is 571 g/mol. The number of H-pyrrole nitrogens is 1. The van der Waals surface area contributed by atoms with E-state index in [0.717, 1.165) is 38.8 Å². The van der Waals surface area contributed by atoms with Gasteiger partial charge in [0.05, 0.1) is 5.69 Å². The zero-order valence-corrected chi connectivity index (χ0v) is 25.6. The normalized spacial score (nSPS) is 22.3. The van der Waals surface area contributed by atoms with Gasteiger partial charge in [0, 0.05) is 24.1 Å². The molecule has 42 heavy (non-hydrogen) atoms. The van der Waals surface area contributed by atoms with E-state index in [4.69, 9.17) is 0 Å². The van der Waals surface area contributed by atoms with Crippen LogP contribution < -0.4 is 0 Å². The number of carboxylic acid groups (broad SMARTS) is 1. The highest BCUT2D eigenvalue weighted by atomic mass is 16.4. The zero-order valence-electron chi connectivity index (χ0n) is 25.6. The van der Waals surface area contributed by atoms with E-state index in [1.165, 1.54) is 67.7 Å². The number of nitrogens with one attached hydrogen (secondary N) is 1. The lowest BCUT2D eigenvalue weighted by Gasteiger charge is -2.33. The van der Waals surface area contributed by atoms with Gasteiger partial charge in [-0.3, -0.25) is 14.8 Å². The molecule has 2 saturated heterocycles. The number of carboxylic acids is 1. The third kappa shape index (κ3) is 7.70. The summed E-state index contributed by atoms with van der Waals surface area (Å²) in [7, 11) is 2.21. The summed E-state index contributed by atoms with van der Waals surface area (Å²) in [5.41, 5.74) is 5.24. The second-order valence-corrected chi connectivity index (χ2v) is 12.8. The van der Waals surface area contributed by atoms with Crippen molar-refractivity contribution in [1.29, 1.82) is 0 Å². The molecular weight excluding hydrogens is 520 g/mol. The van der Waals surface area contributed by atoms with Crippen molar-refractivity contribution in [2.45, 2.75) is 88.5 Å². The van der Waals surface area contributed by atoms with E-state index in [9.17, 15) is 9.90 Å². The monoisotopic (exact) mass is 570 g/mol. The Balaban J connectivity index is 0.000000168. The molecule has 1 aromatic heterocycles. The van der Waals surface area contributed by atoms with Crippen molar-refractivity contribution in [2.75, 3.05) is 33.2 Å². The molecule has 3 atom stereocenters. The van der Waals surface area contributed by atoms with Crippen LogP contribution in [0.15, 0.2) is 66.7 Å². The largest absolute Gasteiger partial charge is 0.480 e. The van der Waals surface area contributed by atoms with Crippen molar-refractivity contribution in [1.82, 2.24) is 20.0 Å². The van der Waals surface area contributed by atoms with E-state index >= 15 is 0 Å². The highest BCUT2D eigenvalue weighted by Gasteiger charge is 2.38. The lowest BCUT2D eigenvalue weighted by Crippen LogP contribution is -2.45. The second-order valence-electron chi connectivity index (χ2n) is 12.8. The van der Waals surface area contributed by atoms with Crippen LogP contribution in [0.3, 0.4) is 0 Å². The summed E-state index contributed by atoms with van der Waals surface area (Å²) in [5.74, 6) is 1.29. The molecule has 6 nitrogen and oxygen atoms in total. The number of piperidine rings is 1. The molecule has 3 aliphatic rings. The highest BCUT2D eigenvalue weighted by Crippen LogP contribution is 2.35. The molecule has 6 heteroatoms. The van der Waals surface area contributed by atoms with Crippen LogP contribution in [-0.4, -0.2) is 70.3 Å². The number of aromatic amines is 1. The van der Waals surface area contributed by atoms with E-state index < -0.39 is 5.97 Å². The molecule has 1 aliphatic carbocycles. The van der Waals surface area contributed by atoms with Crippen LogP contribution in [0.2, 0.25) is 0 Å². The number of hydrogen-bond acceptors (Lipinski definition) is 4. The van der Waals surface area contributed by atoms with Crippen LogP contribution in [-0.2, 0) is 4.79 Å². The quantitative estimate of drug-likeness (QED) is 0.298. The summed E-state index contributed by atoms with van der Waals surface area (Å²) in [4.78, 5) is 16.4. The van der Waals surface area contributed by atoms with Gasteiger partial charge in [-0.25, -0.2) is 0 Å². The maximum atomic E-state index is 11.8. The average Bonchev–Trinajstić information content (AvgIpc) is 3.71. The minimum absolute atomic E-state index is 0.265. The molecule has 0 bridgehead atoms.